The van der Waals surface area contributed by atoms with E-state index in [1.807, 2.05) is 12.1 Å². The van der Waals surface area contributed by atoms with Crippen molar-refractivity contribution in [2.45, 2.75) is 44.2 Å². The number of ether oxygens (including phenoxy) is 2. The summed E-state index contributed by atoms with van der Waals surface area (Å²) in [5, 5.41) is 3.10. The van der Waals surface area contributed by atoms with Gasteiger partial charge in [-0.2, -0.15) is 4.98 Å². The smallest absolute Gasteiger partial charge is 0.235 e. The van der Waals surface area contributed by atoms with Crippen molar-refractivity contribution >= 4 is 5.91 Å². The van der Waals surface area contributed by atoms with E-state index in [0.717, 1.165) is 31.2 Å². The SMILES string of the molecule is COc1cncc(OC2CCC(NC(=O)Cc3cccnc3)CC2)n1. The van der Waals surface area contributed by atoms with E-state index in [4.69, 9.17) is 9.47 Å². The Morgan fingerprint density at radius 1 is 1.16 bits per heavy atom. The Kier molecular flexibility index (Phi) is 5.77. The largest absolute Gasteiger partial charge is 0.480 e. The molecule has 0 aromatic carbocycles. The Morgan fingerprint density at radius 3 is 2.68 bits per heavy atom. The van der Waals surface area contributed by atoms with Crippen LogP contribution in [0.5, 0.6) is 11.8 Å². The van der Waals surface area contributed by atoms with Crippen LogP contribution in [-0.2, 0) is 11.2 Å². The van der Waals surface area contributed by atoms with E-state index in [2.05, 4.69) is 20.3 Å². The minimum absolute atomic E-state index is 0.0380. The number of amides is 1. The second-order valence-electron chi connectivity index (χ2n) is 6.10. The first-order valence-electron chi connectivity index (χ1n) is 8.44. The van der Waals surface area contributed by atoms with Gasteiger partial charge in [-0.05, 0) is 37.3 Å². The van der Waals surface area contributed by atoms with E-state index in [1.165, 1.54) is 0 Å². The van der Waals surface area contributed by atoms with Crippen molar-refractivity contribution in [1.82, 2.24) is 20.3 Å². The number of nitrogens with zero attached hydrogens (tertiary/aromatic N) is 3. The molecule has 2 heterocycles. The molecule has 25 heavy (non-hydrogen) atoms. The number of methoxy groups -OCH3 is 1. The Hall–Kier alpha value is -2.70. The zero-order valence-corrected chi connectivity index (χ0v) is 14.2. The standard InChI is InChI=1S/C18H22N4O3/c1-24-17-11-20-12-18(22-17)25-15-6-4-14(5-7-15)21-16(23)9-13-3-2-8-19-10-13/h2-3,8,10-12,14-15H,4-7,9H2,1H3,(H,21,23). The minimum atomic E-state index is 0.0380. The monoisotopic (exact) mass is 342 g/mol. The van der Waals surface area contributed by atoms with Gasteiger partial charge in [0.15, 0.2) is 0 Å². The molecule has 1 fully saturated rings. The topological polar surface area (TPSA) is 86.2 Å². The van der Waals surface area contributed by atoms with Gasteiger partial charge >= 0.3 is 0 Å². The summed E-state index contributed by atoms with van der Waals surface area (Å²) in [6.07, 6.45) is 10.5. The number of hydrogen-bond acceptors (Lipinski definition) is 6. The lowest BCUT2D eigenvalue weighted by atomic mass is 9.93. The van der Waals surface area contributed by atoms with Crippen LogP contribution in [-0.4, -0.2) is 40.1 Å². The second-order valence-corrected chi connectivity index (χ2v) is 6.10. The number of hydrogen-bond donors (Lipinski definition) is 1. The zero-order valence-electron chi connectivity index (χ0n) is 14.2. The average molecular weight is 342 g/mol. The van der Waals surface area contributed by atoms with E-state index >= 15 is 0 Å². The maximum Gasteiger partial charge on any atom is 0.235 e. The van der Waals surface area contributed by atoms with E-state index in [1.54, 1.807) is 31.9 Å². The summed E-state index contributed by atoms with van der Waals surface area (Å²) in [5.41, 5.74) is 0.925. The molecule has 7 heteroatoms. The molecule has 0 radical (unpaired) electrons. The molecular weight excluding hydrogens is 320 g/mol. The molecule has 1 saturated carbocycles. The Balaban J connectivity index is 1.43. The van der Waals surface area contributed by atoms with Gasteiger partial charge in [-0.25, -0.2) is 0 Å². The maximum absolute atomic E-state index is 12.1. The molecule has 1 N–H and O–H groups in total. The second kappa shape index (κ2) is 8.41. The molecule has 0 spiro atoms. The first kappa shape index (κ1) is 17.1. The van der Waals surface area contributed by atoms with Crippen molar-refractivity contribution in [2.24, 2.45) is 0 Å². The lowest BCUT2D eigenvalue weighted by molar-refractivity contribution is -0.121. The molecule has 1 aliphatic carbocycles. The van der Waals surface area contributed by atoms with Crippen LogP contribution < -0.4 is 14.8 Å². The molecule has 0 atom stereocenters. The van der Waals surface area contributed by atoms with E-state index < -0.39 is 0 Å². The summed E-state index contributed by atoms with van der Waals surface area (Å²) in [5.74, 6) is 0.952. The van der Waals surface area contributed by atoms with Crippen LogP contribution in [0.2, 0.25) is 0 Å². The van der Waals surface area contributed by atoms with Gasteiger partial charge in [0.05, 0.1) is 25.9 Å². The third kappa shape index (κ3) is 5.14. The highest BCUT2D eigenvalue weighted by Crippen LogP contribution is 2.23. The van der Waals surface area contributed by atoms with Gasteiger partial charge in [0.1, 0.15) is 6.10 Å². The highest BCUT2D eigenvalue weighted by molar-refractivity contribution is 5.78. The van der Waals surface area contributed by atoms with Gasteiger partial charge in [-0.15, -0.1) is 0 Å². The van der Waals surface area contributed by atoms with Crippen molar-refractivity contribution < 1.29 is 14.3 Å². The number of carbonyl (C=O) groups excluding carboxylic acids is 1. The predicted octanol–water partition coefficient (Wildman–Crippen LogP) is 1.93. The van der Waals surface area contributed by atoms with Gasteiger partial charge in [0, 0.05) is 18.4 Å². The summed E-state index contributed by atoms with van der Waals surface area (Å²) in [6, 6.07) is 3.94. The van der Waals surface area contributed by atoms with Crippen LogP contribution in [0.25, 0.3) is 0 Å². The lowest BCUT2D eigenvalue weighted by Gasteiger charge is -2.29. The number of aromatic nitrogens is 3. The third-order valence-electron chi connectivity index (χ3n) is 4.21. The van der Waals surface area contributed by atoms with Gasteiger partial charge in [-0.3, -0.25) is 14.8 Å². The van der Waals surface area contributed by atoms with E-state index in [9.17, 15) is 4.79 Å². The van der Waals surface area contributed by atoms with Gasteiger partial charge < -0.3 is 14.8 Å². The quantitative estimate of drug-likeness (QED) is 0.863. The molecule has 3 rings (SSSR count). The summed E-state index contributed by atoms with van der Waals surface area (Å²) in [4.78, 5) is 24.4. The summed E-state index contributed by atoms with van der Waals surface area (Å²) in [7, 11) is 1.55. The van der Waals surface area contributed by atoms with Crippen LogP contribution in [0.4, 0.5) is 0 Å². The molecule has 1 amide bonds. The molecule has 2 aromatic rings. The molecule has 132 valence electrons. The van der Waals surface area contributed by atoms with Crippen LogP contribution in [0, 0.1) is 0 Å². The van der Waals surface area contributed by atoms with Crippen LogP contribution in [0.3, 0.4) is 0 Å². The lowest BCUT2D eigenvalue weighted by Crippen LogP contribution is -2.40. The van der Waals surface area contributed by atoms with Gasteiger partial charge in [-0.1, -0.05) is 6.07 Å². The molecule has 0 saturated heterocycles. The van der Waals surface area contributed by atoms with Crippen molar-refractivity contribution in [3.05, 3.63) is 42.5 Å². The number of pyridine rings is 1. The minimum Gasteiger partial charge on any atom is -0.480 e. The highest BCUT2D eigenvalue weighted by Gasteiger charge is 2.24. The average Bonchev–Trinajstić information content (AvgIpc) is 2.64. The van der Waals surface area contributed by atoms with Crippen LogP contribution in [0.15, 0.2) is 36.9 Å². The Morgan fingerprint density at radius 2 is 1.96 bits per heavy atom. The van der Waals surface area contributed by atoms with E-state index in [-0.39, 0.29) is 18.1 Å². The molecular formula is C18H22N4O3. The molecule has 0 unspecified atom stereocenters. The van der Waals surface area contributed by atoms with Crippen molar-refractivity contribution in [1.29, 1.82) is 0 Å². The molecule has 7 nitrogen and oxygen atoms in total. The van der Waals surface area contributed by atoms with Crippen LogP contribution in [0.1, 0.15) is 31.2 Å². The number of rotatable bonds is 6. The molecule has 2 aromatic heterocycles. The Labute approximate surface area is 146 Å². The van der Waals surface area contributed by atoms with Crippen molar-refractivity contribution in [3.63, 3.8) is 0 Å². The fraction of sp³-hybridized carbons (Fsp3) is 0.444. The van der Waals surface area contributed by atoms with E-state index in [0.29, 0.717) is 18.2 Å². The summed E-state index contributed by atoms with van der Waals surface area (Å²) in [6.45, 7) is 0. The maximum atomic E-state index is 12.1. The van der Waals surface area contributed by atoms with Crippen molar-refractivity contribution in [2.75, 3.05) is 7.11 Å². The first-order chi connectivity index (χ1) is 12.2. The first-order valence-corrected chi connectivity index (χ1v) is 8.44. The van der Waals surface area contributed by atoms with Gasteiger partial charge in [0.2, 0.25) is 17.7 Å². The fourth-order valence-corrected chi connectivity index (χ4v) is 2.95. The van der Waals surface area contributed by atoms with Crippen LogP contribution >= 0.6 is 0 Å². The summed E-state index contributed by atoms with van der Waals surface area (Å²) < 4.78 is 10.9. The molecule has 1 aliphatic rings. The third-order valence-corrected chi connectivity index (χ3v) is 4.21. The number of nitrogens with one attached hydrogen (secondary N) is 1. The number of carbonyl (C=O) groups is 1. The fourth-order valence-electron chi connectivity index (χ4n) is 2.95. The highest BCUT2D eigenvalue weighted by atomic mass is 16.5. The molecule has 0 bridgehead atoms. The zero-order chi connectivity index (χ0) is 17.5. The predicted molar refractivity (Wildman–Crippen MR) is 91.3 cm³/mol. The summed E-state index contributed by atoms with van der Waals surface area (Å²) >= 11 is 0. The van der Waals surface area contributed by atoms with Crippen molar-refractivity contribution in [3.8, 4) is 11.8 Å². The normalized spacial score (nSPS) is 19.9. The molecule has 0 aliphatic heterocycles. The Bertz CT molecular complexity index is 688. The van der Waals surface area contributed by atoms with Gasteiger partial charge in [0.25, 0.3) is 0 Å².